The zero-order chi connectivity index (χ0) is 22.1. The lowest BCUT2D eigenvalue weighted by Gasteiger charge is -2.21. The van der Waals surface area contributed by atoms with Gasteiger partial charge in [-0.2, -0.15) is 0 Å². The molecule has 2 aromatic carbocycles. The summed E-state index contributed by atoms with van der Waals surface area (Å²) in [7, 11) is -5.77. The second-order valence-electron chi connectivity index (χ2n) is 7.17. The molecule has 1 heterocycles. The molecule has 0 aromatic heterocycles. The number of benzene rings is 2. The van der Waals surface area contributed by atoms with E-state index in [4.69, 9.17) is 4.74 Å². The minimum absolute atomic E-state index is 0.0117. The maximum Gasteiger partial charge on any atom is 0.241 e. The lowest BCUT2D eigenvalue weighted by molar-refractivity contribution is -0.117. The Labute approximate surface area is 176 Å². The smallest absolute Gasteiger partial charge is 0.241 e. The van der Waals surface area contributed by atoms with Crippen LogP contribution in [-0.4, -0.2) is 42.7 Å². The topological polar surface area (TPSA) is 110 Å². The van der Waals surface area contributed by atoms with Gasteiger partial charge in [-0.1, -0.05) is 12.1 Å². The monoisotopic (exact) mass is 452 g/mol. The van der Waals surface area contributed by atoms with Crippen molar-refractivity contribution in [2.45, 2.75) is 35.6 Å². The Morgan fingerprint density at radius 1 is 1.03 bits per heavy atom. The normalized spacial score (nSPS) is 16.0. The Hall–Kier alpha value is -2.43. The molecule has 0 bridgehead atoms. The quantitative estimate of drug-likeness (QED) is 0.690. The van der Waals surface area contributed by atoms with Gasteiger partial charge >= 0.3 is 0 Å². The first-order valence-corrected chi connectivity index (χ1v) is 12.7. The molecule has 1 fully saturated rings. The first kappa shape index (κ1) is 22.3. The molecule has 3 rings (SSSR count). The number of methoxy groups -OCH3 is 1. The molecule has 1 N–H and O–H groups in total. The SMILES string of the molecule is COc1ccc(S(=O)(=O)N[C@H](C)c2ccc(S(C)(=O)=O)cc2)cc1N1CCCC1=O. The van der Waals surface area contributed by atoms with Crippen LogP contribution < -0.4 is 14.4 Å². The summed E-state index contributed by atoms with van der Waals surface area (Å²) in [6.07, 6.45) is 2.23. The van der Waals surface area contributed by atoms with Crippen molar-refractivity contribution in [1.29, 1.82) is 0 Å². The largest absolute Gasteiger partial charge is 0.495 e. The highest BCUT2D eigenvalue weighted by atomic mass is 32.2. The fourth-order valence-electron chi connectivity index (χ4n) is 3.32. The lowest BCUT2D eigenvalue weighted by Crippen LogP contribution is -2.28. The summed E-state index contributed by atoms with van der Waals surface area (Å²) in [5.41, 5.74) is 1.04. The number of nitrogens with one attached hydrogen (secondary N) is 1. The number of sulfone groups is 1. The molecule has 8 nitrogen and oxygen atoms in total. The molecule has 0 spiro atoms. The number of carbonyl (C=O) groups excluding carboxylic acids is 1. The number of nitrogens with zero attached hydrogens (tertiary/aromatic N) is 1. The molecule has 0 unspecified atom stereocenters. The van der Waals surface area contributed by atoms with E-state index < -0.39 is 25.9 Å². The average Bonchev–Trinajstić information content (AvgIpc) is 3.12. The average molecular weight is 453 g/mol. The predicted octanol–water partition coefficient (Wildman–Crippen LogP) is 2.27. The van der Waals surface area contributed by atoms with Crippen LogP contribution in [0.25, 0.3) is 0 Å². The van der Waals surface area contributed by atoms with Gasteiger partial charge < -0.3 is 9.64 Å². The number of hydrogen-bond donors (Lipinski definition) is 1. The van der Waals surface area contributed by atoms with E-state index in [9.17, 15) is 21.6 Å². The zero-order valence-electron chi connectivity index (χ0n) is 17.0. The molecular weight excluding hydrogens is 428 g/mol. The number of carbonyl (C=O) groups is 1. The fourth-order valence-corrected chi connectivity index (χ4v) is 5.21. The second kappa shape index (κ2) is 8.37. The van der Waals surface area contributed by atoms with Crippen molar-refractivity contribution < 1.29 is 26.4 Å². The van der Waals surface area contributed by atoms with Crippen LogP contribution in [0.15, 0.2) is 52.3 Å². The van der Waals surface area contributed by atoms with Crippen molar-refractivity contribution >= 4 is 31.5 Å². The van der Waals surface area contributed by atoms with Gasteiger partial charge in [-0.25, -0.2) is 21.6 Å². The molecule has 2 aromatic rings. The van der Waals surface area contributed by atoms with Gasteiger partial charge in [-0.3, -0.25) is 4.79 Å². The van der Waals surface area contributed by atoms with E-state index in [-0.39, 0.29) is 15.7 Å². The Bertz CT molecular complexity index is 1160. The van der Waals surface area contributed by atoms with Gasteiger partial charge in [0.05, 0.1) is 22.6 Å². The number of hydrogen-bond acceptors (Lipinski definition) is 6. The number of ether oxygens (including phenoxy) is 1. The summed E-state index contributed by atoms with van der Waals surface area (Å²) in [4.78, 5) is 13.8. The Morgan fingerprint density at radius 3 is 2.20 bits per heavy atom. The van der Waals surface area contributed by atoms with Crippen molar-refractivity contribution in [3.05, 3.63) is 48.0 Å². The first-order valence-electron chi connectivity index (χ1n) is 9.33. The van der Waals surface area contributed by atoms with Gasteiger partial charge in [0.2, 0.25) is 15.9 Å². The molecular formula is C20H24N2O6S2. The van der Waals surface area contributed by atoms with E-state index in [1.54, 1.807) is 19.1 Å². The Kier molecular flexibility index (Phi) is 6.21. The van der Waals surface area contributed by atoms with Crippen molar-refractivity contribution in [3.8, 4) is 5.75 Å². The molecule has 1 saturated heterocycles. The van der Waals surface area contributed by atoms with E-state index in [1.165, 1.54) is 42.3 Å². The van der Waals surface area contributed by atoms with E-state index in [0.29, 0.717) is 36.4 Å². The highest BCUT2D eigenvalue weighted by Gasteiger charge is 2.27. The van der Waals surface area contributed by atoms with Crippen molar-refractivity contribution in [1.82, 2.24) is 4.72 Å². The molecule has 1 amide bonds. The van der Waals surface area contributed by atoms with Crippen LogP contribution in [0.4, 0.5) is 5.69 Å². The third-order valence-corrected chi connectivity index (χ3v) is 7.63. The van der Waals surface area contributed by atoms with Crippen molar-refractivity contribution in [2.75, 3.05) is 24.8 Å². The summed E-state index contributed by atoms with van der Waals surface area (Å²) in [6, 6.07) is 9.83. The zero-order valence-corrected chi connectivity index (χ0v) is 18.6. The van der Waals surface area contributed by atoms with Crippen LogP contribution in [-0.2, 0) is 24.7 Å². The number of amides is 1. The number of rotatable bonds is 7. The second-order valence-corrected chi connectivity index (χ2v) is 10.9. The van der Waals surface area contributed by atoms with E-state index >= 15 is 0 Å². The Morgan fingerprint density at radius 2 is 1.67 bits per heavy atom. The number of anilines is 1. The molecule has 0 radical (unpaired) electrons. The van der Waals surface area contributed by atoms with Gasteiger partial charge in [-0.15, -0.1) is 0 Å². The molecule has 162 valence electrons. The lowest BCUT2D eigenvalue weighted by atomic mass is 10.1. The summed E-state index contributed by atoms with van der Waals surface area (Å²) in [6.45, 7) is 2.18. The summed E-state index contributed by atoms with van der Waals surface area (Å²) < 4.78 is 57.0. The van der Waals surface area contributed by atoms with E-state index in [0.717, 1.165) is 6.26 Å². The van der Waals surface area contributed by atoms with Crippen molar-refractivity contribution in [3.63, 3.8) is 0 Å². The molecule has 1 aliphatic rings. The molecule has 10 heteroatoms. The summed E-state index contributed by atoms with van der Waals surface area (Å²) in [5, 5.41) is 0. The van der Waals surface area contributed by atoms with Gasteiger partial charge in [0.15, 0.2) is 9.84 Å². The minimum Gasteiger partial charge on any atom is -0.495 e. The minimum atomic E-state index is -3.90. The molecule has 1 atom stereocenters. The van der Waals surface area contributed by atoms with Gasteiger partial charge in [0.25, 0.3) is 0 Å². The highest BCUT2D eigenvalue weighted by Crippen LogP contribution is 2.34. The van der Waals surface area contributed by atoms with Crippen LogP contribution in [0.3, 0.4) is 0 Å². The summed E-state index contributed by atoms with van der Waals surface area (Å²) in [5.74, 6) is 0.351. The van der Waals surface area contributed by atoms with Crippen LogP contribution in [0.5, 0.6) is 5.75 Å². The first-order chi connectivity index (χ1) is 14.0. The standard InChI is InChI=1S/C20H24N2O6S2/c1-14(15-6-8-16(9-7-15)29(3,24)25)21-30(26,27)17-10-11-19(28-2)18(13-17)22-12-4-5-20(22)23/h6-11,13-14,21H,4-5,12H2,1-3H3/t14-/m1/s1. The van der Waals surface area contributed by atoms with Gasteiger partial charge in [-0.05, 0) is 49.2 Å². The van der Waals surface area contributed by atoms with Crippen LogP contribution in [0.2, 0.25) is 0 Å². The van der Waals surface area contributed by atoms with Gasteiger partial charge in [0.1, 0.15) is 5.75 Å². The van der Waals surface area contributed by atoms with E-state index in [2.05, 4.69) is 4.72 Å². The third kappa shape index (κ3) is 4.66. The molecule has 0 aliphatic carbocycles. The van der Waals surface area contributed by atoms with Crippen LogP contribution in [0, 0.1) is 0 Å². The Balaban J connectivity index is 1.87. The molecule has 1 aliphatic heterocycles. The maximum atomic E-state index is 12.9. The van der Waals surface area contributed by atoms with Crippen LogP contribution >= 0.6 is 0 Å². The molecule has 30 heavy (non-hydrogen) atoms. The predicted molar refractivity (Wildman–Crippen MR) is 113 cm³/mol. The fraction of sp³-hybridized carbons (Fsp3) is 0.350. The third-order valence-electron chi connectivity index (χ3n) is 4.97. The van der Waals surface area contributed by atoms with E-state index in [1.807, 2.05) is 0 Å². The molecule has 0 saturated carbocycles. The summed E-state index contributed by atoms with van der Waals surface area (Å²) >= 11 is 0. The maximum absolute atomic E-state index is 12.9. The number of sulfonamides is 1. The van der Waals surface area contributed by atoms with Gasteiger partial charge in [0, 0.05) is 25.3 Å². The highest BCUT2D eigenvalue weighted by molar-refractivity contribution is 7.90. The van der Waals surface area contributed by atoms with Crippen molar-refractivity contribution in [2.24, 2.45) is 0 Å². The van der Waals surface area contributed by atoms with Crippen LogP contribution in [0.1, 0.15) is 31.4 Å².